The number of nitrogens with one attached hydrogen (secondary N) is 1. The van der Waals surface area contributed by atoms with Gasteiger partial charge in [0.1, 0.15) is 11.4 Å². The minimum Gasteiger partial charge on any atom is -0.497 e. The molecule has 1 saturated carbocycles. The summed E-state index contributed by atoms with van der Waals surface area (Å²) in [5.41, 5.74) is 7.10. The lowest BCUT2D eigenvalue weighted by atomic mass is 10.1. The van der Waals surface area contributed by atoms with E-state index >= 15 is 0 Å². The monoisotopic (exact) mass is 278 g/mol. The van der Waals surface area contributed by atoms with E-state index in [2.05, 4.69) is 5.32 Å². The van der Waals surface area contributed by atoms with Crippen LogP contribution >= 0.6 is 0 Å². The molecule has 0 bridgehead atoms. The van der Waals surface area contributed by atoms with Gasteiger partial charge < -0.3 is 15.2 Å². The first-order valence-electron chi connectivity index (χ1n) is 6.73. The summed E-state index contributed by atoms with van der Waals surface area (Å²) in [5, 5.41) is 2.79. The van der Waals surface area contributed by atoms with Gasteiger partial charge in [0.05, 0.1) is 12.8 Å². The van der Waals surface area contributed by atoms with E-state index in [4.69, 9.17) is 15.2 Å². The highest BCUT2D eigenvalue weighted by Crippen LogP contribution is 2.43. The Kier molecular flexibility index (Phi) is 3.90. The summed E-state index contributed by atoms with van der Waals surface area (Å²) in [6.45, 7) is 5.49. The van der Waals surface area contributed by atoms with E-state index in [-0.39, 0.29) is 6.04 Å². The fraction of sp³-hybridized carbons (Fsp3) is 0.533. The van der Waals surface area contributed by atoms with Crippen molar-refractivity contribution in [3.63, 3.8) is 0 Å². The molecular weight excluding hydrogens is 256 g/mol. The Labute approximate surface area is 119 Å². The molecule has 2 atom stereocenters. The van der Waals surface area contributed by atoms with Crippen molar-refractivity contribution in [1.29, 1.82) is 0 Å². The number of rotatable bonds is 3. The zero-order chi connectivity index (χ0) is 14.9. The Morgan fingerprint density at radius 1 is 1.40 bits per heavy atom. The molecule has 5 heteroatoms. The van der Waals surface area contributed by atoms with Gasteiger partial charge >= 0.3 is 6.09 Å². The van der Waals surface area contributed by atoms with Gasteiger partial charge in [-0.05, 0) is 38.8 Å². The van der Waals surface area contributed by atoms with Crippen LogP contribution in [0.3, 0.4) is 0 Å². The van der Waals surface area contributed by atoms with Crippen LogP contribution in [0.25, 0.3) is 0 Å². The van der Waals surface area contributed by atoms with Crippen LogP contribution < -0.4 is 15.8 Å². The maximum Gasteiger partial charge on any atom is 0.412 e. The number of hydrogen-bond donors (Lipinski definition) is 2. The lowest BCUT2D eigenvalue weighted by molar-refractivity contribution is 0.0636. The van der Waals surface area contributed by atoms with Gasteiger partial charge in [-0.2, -0.15) is 0 Å². The average molecular weight is 278 g/mol. The second kappa shape index (κ2) is 5.32. The van der Waals surface area contributed by atoms with Crippen LogP contribution in [-0.2, 0) is 4.74 Å². The molecule has 0 aromatic heterocycles. The van der Waals surface area contributed by atoms with E-state index in [1.54, 1.807) is 13.2 Å². The lowest BCUT2D eigenvalue weighted by Gasteiger charge is -2.20. The number of nitrogens with two attached hydrogens (primary N) is 1. The minimum atomic E-state index is -0.529. The molecular formula is C15H22N2O3. The number of amides is 1. The number of carbonyl (C=O) groups excluding carboxylic acids is 1. The maximum atomic E-state index is 11.9. The summed E-state index contributed by atoms with van der Waals surface area (Å²) in [5.74, 6) is 0.986. The molecule has 0 spiro atoms. The normalized spacial score (nSPS) is 21.2. The van der Waals surface area contributed by atoms with E-state index in [0.29, 0.717) is 17.4 Å². The predicted octanol–water partition coefficient (Wildman–Crippen LogP) is 2.86. The summed E-state index contributed by atoms with van der Waals surface area (Å²) in [6.07, 6.45) is 0.469. The van der Waals surface area contributed by atoms with Gasteiger partial charge in [-0.1, -0.05) is 6.07 Å². The minimum absolute atomic E-state index is 0.169. The van der Waals surface area contributed by atoms with Crippen molar-refractivity contribution in [3.05, 3.63) is 23.8 Å². The average Bonchev–Trinajstić information content (AvgIpc) is 3.03. The number of hydrogen-bond acceptors (Lipinski definition) is 4. The summed E-state index contributed by atoms with van der Waals surface area (Å²) >= 11 is 0. The molecule has 3 N–H and O–H groups in total. The van der Waals surface area contributed by atoms with E-state index in [9.17, 15) is 4.79 Å². The largest absolute Gasteiger partial charge is 0.497 e. The quantitative estimate of drug-likeness (QED) is 0.891. The molecule has 2 rings (SSSR count). The Morgan fingerprint density at radius 3 is 2.55 bits per heavy atom. The van der Waals surface area contributed by atoms with Crippen LogP contribution in [0.2, 0.25) is 0 Å². The standard InChI is InChI=1S/C15H22N2O3/c1-15(2,3)20-14(18)17-13-7-9(19-4)5-6-10(13)11-8-12(11)16/h5-7,11-12H,8,16H2,1-4H3,(H,17,18)/t11-,12+/m0/s1. The van der Waals surface area contributed by atoms with E-state index in [1.165, 1.54) is 0 Å². The molecule has 1 amide bonds. The van der Waals surface area contributed by atoms with Gasteiger partial charge in [0, 0.05) is 18.0 Å². The van der Waals surface area contributed by atoms with Gasteiger partial charge in [0.2, 0.25) is 0 Å². The molecule has 1 aromatic rings. The van der Waals surface area contributed by atoms with Gasteiger partial charge in [-0.15, -0.1) is 0 Å². The lowest BCUT2D eigenvalue weighted by Crippen LogP contribution is -2.27. The van der Waals surface area contributed by atoms with Crippen LogP contribution in [0.4, 0.5) is 10.5 Å². The van der Waals surface area contributed by atoms with Crippen LogP contribution in [0.5, 0.6) is 5.75 Å². The van der Waals surface area contributed by atoms with Crippen molar-refractivity contribution < 1.29 is 14.3 Å². The molecule has 0 aliphatic heterocycles. The highest BCUT2D eigenvalue weighted by molar-refractivity contribution is 5.86. The third kappa shape index (κ3) is 3.63. The second-order valence-electron chi connectivity index (χ2n) is 6.09. The Hall–Kier alpha value is -1.75. The molecule has 1 aliphatic carbocycles. The van der Waals surface area contributed by atoms with Crippen molar-refractivity contribution >= 4 is 11.8 Å². The van der Waals surface area contributed by atoms with Crippen molar-refractivity contribution in [3.8, 4) is 5.75 Å². The van der Waals surface area contributed by atoms with E-state index in [0.717, 1.165) is 12.0 Å². The van der Waals surface area contributed by atoms with Crippen LogP contribution in [0.1, 0.15) is 38.7 Å². The van der Waals surface area contributed by atoms with Crippen molar-refractivity contribution in [2.45, 2.75) is 44.8 Å². The fourth-order valence-corrected chi connectivity index (χ4v) is 2.08. The van der Waals surface area contributed by atoms with Gasteiger partial charge in [0.25, 0.3) is 0 Å². The first-order valence-corrected chi connectivity index (χ1v) is 6.73. The van der Waals surface area contributed by atoms with Gasteiger partial charge in [0.15, 0.2) is 0 Å². The van der Waals surface area contributed by atoms with Crippen molar-refractivity contribution in [2.75, 3.05) is 12.4 Å². The van der Waals surface area contributed by atoms with Crippen LogP contribution in [0.15, 0.2) is 18.2 Å². The van der Waals surface area contributed by atoms with E-state index in [1.807, 2.05) is 32.9 Å². The molecule has 5 nitrogen and oxygen atoms in total. The highest BCUT2D eigenvalue weighted by Gasteiger charge is 2.37. The number of ether oxygens (including phenoxy) is 2. The molecule has 0 saturated heterocycles. The van der Waals surface area contributed by atoms with Crippen molar-refractivity contribution in [2.24, 2.45) is 5.73 Å². The third-order valence-corrected chi connectivity index (χ3v) is 3.14. The molecule has 1 aliphatic rings. The SMILES string of the molecule is COc1ccc([C@@H]2C[C@H]2N)c(NC(=O)OC(C)(C)C)c1. The van der Waals surface area contributed by atoms with Crippen LogP contribution in [0, 0.1) is 0 Å². The van der Waals surface area contributed by atoms with Gasteiger partial charge in [-0.3, -0.25) is 5.32 Å². The summed E-state index contributed by atoms with van der Waals surface area (Å²) in [4.78, 5) is 11.9. The fourth-order valence-electron chi connectivity index (χ4n) is 2.08. The smallest absolute Gasteiger partial charge is 0.412 e. The highest BCUT2D eigenvalue weighted by atomic mass is 16.6. The Morgan fingerprint density at radius 2 is 2.05 bits per heavy atom. The first kappa shape index (κ1) is 14.7. The molecule has 0 heterocycles. The number of anilines is 1. The number of methoxy groups -OCH3 is 1. The zero-order valence-corrected chi connectivity index (χ0v) is 12.4. The Bertz CT molecular complexity index is 508. The number of carbonyl (C=O) groups is 1. The summed E-state index contributed by atoms with van der Waals surface area (Å²) in [6, 6.07) is 5.79. The molecule has 0 unspecified atom stereocenters. The Balaban J connectivity index is 2.18. The first-order chi connectivity index (χ1) is 9.30. The summed E-state index contributed by atoms with van der Waals surface area (Å²) < 4.78 is 10.5. The molecule has 20 heavy (non-hydrogen) atoms. The topological polar surface area (TPSA) is 73.6 Å². The second-order valence-corrected chi connectivity index (χ2v) is 6.09. The molecule has 1 fully saturated rings. The van der Waals surface area contributed by atoms with Crippen LogP contribution in [-0.4, -0.2) is 24.8 Å². The van der Waals surface area contributed by atoms with Crippen molar-refractivity contribution in [1.82, 2.24) is 0 Å². The third-order valence-electron chi connectivity index (χ3n) is 3.14. The molecule has 0 radical (unpaired) electrons. The zero-order valence-electron chi connectivity index (χ0n) is 12.4. The molecule has 1 aromatic carbocycles. The predicted molar refractivity (Wildman–Crippen MR) is 78.2 cm³/mol. The van der Waals surface area contributed by atoms with E-state index < -0.39 is 11.7 Å². The summed E-state index contributed by atoms with van der Waals surface area (Å²) in [7, 11) is 1.59. The maximum absolute atomic E-state index is 11.9. The number of benzene rings is 1. The van der Waals surface area contributed by atoms with Gasteiger partial charge in [-0.25, -0.2) is 4.79 Å². The molecule has 110 valence electrons.